The van der Waals surface area contributed by atoms with Gasteiger partial charge in [-0.25, -0.2) is 0 Å². The lowest BCUT2D eigenvalue weighted by atomic mass is 9.98. The van der Waals surface area contributed by atoms with Crippen molar-refractivity contribution in [3.05, 3.63) is 65.5 Å². The molecule has 0 atom stereocenters. The maximum atomic E-state index is 9.85. The summed E-state index contributed by atoms with van der Waals surface area (Å²) in [7, 11) is 0. The van der Waals surface area contributed by atoms with E-state index in [0.29, 0.717) is 6.04 Å². The first-order valence-electron chi connectivity index (χ1n) is 8.94. The second-order valence-corrected chi connectivity index (χ2v) is 7.59. The Morgan fingerprint density at radius 3 is 2.33 bits per heavy atom. The Kier molecular flexibility index (Phi) is 5.32. The molecule has 0 amide bonds. The van der Waals surface area contributed by atoms with Crippen molar-refractivity contribution in [2.45, 2.75) is 64.3 Å². The van der Waals surface area contributed by atoms with E-state index < -0.39 is 5.60 Å². The standard InChI is InChI=1S/C21H28N2O/c1-21(2,24)13-12-17-6-8-18(9-7-17)15-23(20-10-11-20)16-19-5-3-4-14-22-19/h3-9,14,20,24H,10-13,15-16H2,1-2H3. The zero-order valence-electron chi connectivity index (χ0n) is 14.8. The molecule has 2 aromatic rings. The number of aryl methyl sites for hydroxylation is 1. The molecule has 1 heterocycles. The van der Waals surface area contributed by atoms with Crippen molar-refractivity contribution in [1.29, 1.82) is 0 Å². The van der Waals surface area contributed by atoms with E-state index in [1.54, 1.807) is 0 Å². The Morgan fingerprint density at radius 2 is 1.75 bits per heavy atom. The highest BCUT2D eigenvalue weighted by atomic mass is 16.3. The second kappa shape index (κ2) is 7.45. The van der Waals surface area contributed by atoms with E-state index in [1.807, 2.05) is 26.1 Å². The van der Waals surface area contributed by atoms with Crippen LogP contribution in [-0.4, -0.2) is 26.6 Å². The number of benzene rings is 1. The summed E-state index contributed by atoms with van der Waals surface area (Å²) in [4.78, 5) is 7.00. The number of aliphatic hydroxyl groups is 1. The van der Waals surface area contributed by atoms with Gasteiger partial charge in [-0.1, -0.05) is 30.3 Å². The minimum absolute atomic E-state index is 0.593. The lowest BCUT2D eigenvalue weighted by Gasteiger charge is -2.22. The number of nitrogens with zero attached hydrogens (tertiary/aromatic N) is 2. The fourth-order valence-corrected chi connectivity index (χ4v) is 2.95. The van der Waals surface area contributed by atoms with Gasteiger partial charge in [-0.3, -0.25) is 9.88 Å². The SMILES string of the molecule is CC(C)(O)CCc1ccc(CN(Cc2ccccn2)C2CC2)cc1. The summed E-state index contributed by atoms with van der Waals surface area (Å²) in [5.41, 5.74) is 3.20. The highest BCUT2D eigenvalue weighted by Crippen LogP contribution is 2.29. The minimum atomic E-state index is -0.593. The predicted octanol–water partition coefficient (Wildman–Crippen LogP) is 3.95. The average Bonchev–Trinajstić information content (AvgIpc) is 3.39. The van der Waals surface area contributed by atoms with Crippen molar-refractivity contribution in [2.75, 3.05) is 0 Å². The zero-order chi connectivity index (χ0) is 17.0. The van der Waals surface area contributed by atoms with Crippen LogP contribution in [0.4, 0.5) is 0 Å². The van der Waals surface area contributed by atoms with Gasteiger partial charge in [0.2, 0.25) is 0 Å². The quantitative estimate of drug-likeness (QED) is 0.799. The Labute approximate surface area is 145 Å². The van der Waals surface area contributed by atoms with Crippen LogP contribution in [0.3, 0.4) is 0 Å². The van der Waals surface area contributed by atoms with Crippen LogP contribution in [0.1, 0.15) is 49.9 Å². The van der Waals surface area contributed by atoms with Gasteiger partial charge in [-0.05, 0) is 62.8 Å². The van der Waals surface area contributed by atoms with E-state index >= 15 is 0 Å². The number of rotatable bonds is 8. The van der Waals surface area contributed by atoms with E-state index in [4.69, 9.17) is 0 Å². The van der Waals surface area contributed by atoms with E-state index in [1.165, 1.54) is 24.0 Å². The number of pyridine rings is 1. The summed E-state index contributed by atoms with van der Waals surface area (Å²) < 4.78 is 0. The first-order valence-corrected chi connectivity index (χ1v) is 8.94. The monoisotopic (exact) mass is 324 g/mol. The van der Waals surface area contributed by atoms with Crippen LogP contribution in [0, 0.1) is 0 Å². The van der Waals surface area contributed by atoms with Gasteiger partial charge in [-0.2, -0.15) is 0 Å². The molecule has 1 aliphatic rings. The smallest absolute Gasteiger partial charge is 0.0594 e. The fraction of sp³-hybridized carbons (Fsp3) is 0.476. The summed E-state index contributed by atoms with van der Waals surface area (Å²) in [6, 6.07) is 15.7. The molecule has 0 aliphatic heterocycles. The highest BCUT2D eigenvalue weighted by molar-refractivity contribution is 5.23. The summed E-state index contributed by atoms with van der Waals surface area (Å²) in [6.07, 6.45) is 6.19. The van der Waals surface area contributed by atoms with Crippen LogP contribution in [0.5, 0.6) is 0 Å². The number of aromatic nitrogens is 1. The molecule has 0 spiro atoms. The van der Waals surface area contributed by atoms with Crippen LogP contribution >= 0.6 is 0 Å². The fourth-order valence-electron chi connectivity index (χ4n) is 2.95. The van der Waals surface area contributed by atoms with Gasteiger partial charge >= 0.3 is 0 Å². The van der Waals surface area contributed by atoms with Gasteiger partial charge in [0.25, 0.3) is 0 Å². The van der Waals surface area contributed by atoms with Crippen molar-refractivity contribution in [2.24, 2.45) is 0 Å². The highest BCUT2D eigenvalue weighted by Gasteiger charge is 2.29. The molecule has 3 heteroatoms. The normalized spacial score (nSPS) is 15.0. The first kappa shape index (κ1) is 17.1. The van der Waals surface area contributed by atoms with Gasteiger partial charge in [0.15, 0.2) is 0 Å². The summed E-state index contributed by atoms with van der Waals surface area (Å²) in [5, 5.41) is 9.85. The average molecular weight is 324 g/mol. The van der Waals surface area contributed by atoms with Crippen molar-refractivity contribution in [1.82, 2.24) is 9.88 Å². The van der Waals surface area contributed by atoms with Crippen molar-refractivity contribution < 1.29 is 5.11 Å². The van der Waals surface area contributed by atoms with Crippen molar-refractivity contribution in [3.8, 4) is 0 Å². The van der Waals surface area contributed by atoms with Gasteiger partial charge in [0.05, 0.1) is 11.3 Å². The third kappa shape index (κ3) is 5.43. The van der Waals surface area contributed by atoms with E-state index in [-0.39, 0.29) is 0 Å². The third-order valence-corrected chi connectivity index (χ3v) is 4.59. The van der Waals surface area contributed by atoms with Crippen LogP contribution in [0.25, 0.3) is 0 Å². The molecule has 0 saturated heterocycles. The molecule has 0 bridgehead atoms. The molecule has 1 saturated carbocycles. The Bertz CT molecular complexity index is 627. The largest absolute Gasteiger partial charge is 0.390 e. The molecule has 0 radical (unpaired) electrons. The molecule has 1 aromatic heterocycles. The predicted molar refractivity (Wildman–Crippen MR) is 97.6 cm³/mol. The molecule has 1 aromatic carbocycles. The molecule has 1 fully saturated rings. The van der Waals surface area contributed by atoms with Crippen molar-refractivity contribution >= 4 is 0 Å². The van der Waals surface area contributed by atoms with Crippen LogP contribution in [0.2, 0.25) is 0 Å². The van der Waals surface area contributed by atoms with Gasteiger partial charge in [-0.15, -0.1) is 0 Å². The molecule has 1 N–H and O–H groups in total. The summed E-state index contributed by atoms with van der Waals surface area (Å²) >= 11 is 0. The molecule has 128 valence electrons. The lowest BCUT2D eigenvalue weighted by molar-refractivity contribution is 0.0714. The number of hydrogen-bond donors (Lipinski definition) is 1. The maximum absolute atomic E-state index is 9.85. The molecule has 1 aliphatic carbocycles. The van der Waals surface area contributed by atoms with Crippen molar-refractivity contribution in [3.63, 3.8) is 0 Å². The van der Waals surface area contributed by atoms with E-state index in [2.05, 4.69) is 46.3 Å². The molecule has 3 rings (SSSR count). The summed E-state index contributed by atoms with van der Waals surface area (Å²) in [6.45, 7) is 5.64. The van der Waals surface area contributed by atoms with Crippen LogP contribution in [0.15, 0.2) is 48.7 Å². The van der Waals surface area contributed by atoms with Crippen LogP contribution < -0.4 is 0 Å². The lowest BCUT2D eigenvalue weighted by Crippen LogP contribution is -2.25. The van der Waals surface area contributed by atoms with Gasteiger partial charge in [0, 0.05) is 25.3 Å². The first-order chi connectivity index (χ1) is 11.5. The summed E-state index contributed by atoms with van der Waals surface area (Å²) in [5.74, 6) is 0. The van der Waals surface area contributed by atoms with E-state index in [9.17, 15) is 5.11 Å². The topological polar surface area (TPSA) is 36.4 Å². The Balaban J connectivity index is 1.59. The molecular formula is C21H28N2O. The third-order valence-electron chi connectivity index (χ3n) is 4.59. The molecule has 24 heavy (non-hydrogen) atoms. The zero-order valence-corrected chi connectivity index (χ0v) is 14.8. The van der Waals surface area contributed by atoms with Crippen LogP contribution in [-0.2, 0) is 19.5 Å². The maximum Gasteiger partial charge on any atom is 0.0594 e. The van der Waals surface area contributed by atoms with E-state index in [0.717, 1.165) is 31.6 Å². The molecule has 3 nitrogen and oxygen atoms in total. The minimum Gasteiger partial charge on any atom is -0.390 e. The Hall–Kier alpha value is -1.71. The Morgan fingerprint density at radius 1 is 1.04 bits per heavy atom. The molecular weight excluding hydrogens is 296 g/mol. The van der Waals surface area contributed by atoms with Gasteiger partial charge < -0.3 is 5.11 Å². The molecule has 0 unspecified atom stereocenters. The number of hydrogen-bond acceptors (Lipinski definition) is 3. The van der Waals surface area contributed by atoms with Gasteiger partial charge in [0.1, 0.15) is 0 Å². The second-order valence-electron chi connectivity index (χ2n) is 7.59.